The summed E-state index contributed by atoms with van der Waals surface area (Å²) in [6.07, 6.45) is 10.4. The zero-order chi connectivity index (χ0) is 41.5. The second-order valence-electron chi connectivity index (χ2n) is 14.4. The number of carbonyl (C=O) groups is 2. The molecule has 2 fully saturated rings. The van der Waals surface area contributed by atoms with E-state index in [1.54, 1.807) is 22.0 Å². The number of hydrogen-bond donors (Lipinski definition) is 0. The van der Waals surface area contributed by atoms with Crippen LogP contribution in [-0.4, -0.2) is 88.4 Å². The topological polar surface area (TPSA) is 84.6 Å². The Morgan fingerprint density at radius 2 is 0.966 bits per heavy atom. The summed E-state index contributed by atoms with van der Waals surface area (Å²) in [5.41, 5.74) is 6.54. The van der Waals surface area contributed by atoms with Crippen molar-refractivity contribution < 1.29 is 18.0 Å². The Balaban J connectivity index is 1.22. The highest BCUT2D eigenvalue weighted by Crippen LogP contribution is 2.49. The molecule has 0 atom stereocenters. The van der Waals surface area contributed by atoms with Crippen LogP contribution < -0.4 is 0 Å². The van der Waals surface area contributed by atoms with Crippen LogP contribution in [0.1, 0.15) is 11.1 Å². The van der Waals surface area contributed by atoms with Crippen LogP contribution in [0.15, 0.2) is 95.0 Å². The molecular formula is C44H38Cl4N4O4S3. The number of aryl methyl sites for hydroxylation is 2. The molecule has 0 N–H and O–H groups in total. The Hall–Kier alpha value is -3.81. The van der Waals surface area contributed by atoms with Gasteiger partial charge in [-0.05, 0) is 82.9 Å². The van der Waals surface area contributed by atoms with Gasteiger partial charge in [0.05, 0.1) is 20.1 Å². The molecule has 2 aliphatic rings. The Labute approximate surface area is 371 Å². The standard InChI is InChI=1S/C44H38Cl4N4O4S3/c1-49-13-11-29-23-27(3-7-35(29)49)33-25-37(43(47)41(45)31(33)5-9-39(53)51-15-19-58(55)20-16-51)57-38-26-34(28-4-8-36-30(24-28)12-14-50(36)2)32(42(46)44(38)48)6-10-40(54)52-17-21-59(56)22-18-52/h3-14,23-26H,15-22H2,1-2H3. The van der Waals surface area contributed by atoms with E-state index in [0.29, 0.717) is 70.1 Å². The number of hydrogen-bond acceptors (Lipinski definition) is 5. The zero-order valence-electron chi connectivity index (χ0n) is 32.1. The maximum atomic E-state index is 13.3. The van der Waals surface area contributed by atoms with E-state index in [-0.39, 0.29) is 31.9 Å². The molecule has 6 aromatic rings. The third-order valence-electron chi connectivity index (χ3n) is 10.8. The van der Waals surface area contributed by atoms with E-state index in [4.69, 9.17) is 46.4 Å². The summed E-state index contributed by atoms with van der Waals surface area (Å²) in [7, 11) is 2.15. The molecule has 8 rings (SSSR count). The van der Waals surface area contributed by atoms with Crippen LogP contribution in [-0.2, 0) is 45.3 Å². The minimum absolute atomic E-state index is 0.192. The first-order valence-corrected chi connectivity index (χ1v) is 24.1. The molecule has 0 spiro atoms. The summed E-state index contributed by atoms with van der Waals surface area (Å²) in [4.78, 5) is 31.2. The fourth-order valence-electron chi connectivity index (χ4n) is 7.44. The molecule has 59 heavy (non-hydrogen) atoms. The van der Waals surface area contributed by atoms with Crippen molar-refractivity contribution >= 4 is 126 Å². The minimum Gasteiger partial charge on any atom is -0.351 e. The maximum absolute atomic E-state index is 13.3. The fraction of sp³-hybridized carbons (Fsp3) is 0.227. The molecule has 2 aliphatic heterocycles. The highest BCUT2D eigenvalue weighted by molar-refractivity contribution is 7.99. The summed E-state index contributed by atoms with van der Waals surface area (Å²) < 4.78 is 28.0. The summed E-state index contributed by atoms with van der Waals surface area (Å²) in [6, 6.07) is 20.3. The van der Waals surface area contributed by atoms with Gasteiger partial charge in [-0.25, -0.2) is 0 Å². The average Bonchev–Trinajstić information content (AvgIpc) is 3.80. The molecule has 15 heteroatoms. The molecule has 4 aromatic carbocycles. The predicted octanol–water partition coefficient (Wildman–Crippen LogP) is 9.98. The number of aromatic nitrogens is 2. The summed E-state index contributed by atoms with van der Waals surface area (Å²) >= 11 is 29.9. The largest absolute Gasteiger partial charge is 0.351 e. The SMILES string of the molecule is Cn1ccc2cc(-c3cc(Sc4cc(-c5ccc6c(ccn6C)c5)c(C=CC(=O)N5CCS(=O)CC5)c(Cl)c4Cl)c(Cl)c(Cl)c3C=CC(=O)N3CCS(=O)CC3)ccc21. The number of carbonyl (C=O) groups excluding carboxylic acids is 2. The second-order valence-corrected chi connectivity index (χ2v) is 20.4. The molecule has 0 bridgehead atoms. The van der Waals surface area contributed by atoms with Crippen LogP contribution in [0.4, 0.5) is 0 Å². The van der Waals surface area contributed by atoms with E-state index >= 15 is 0 Å². The maximum Gasteiger partial charge on any atom is 0.246 e. The molecule has 304 valence electrons. The van der Waals surface area contributed by atoms with E-state index in [2.05, 4.69) is 12.1 Å². The first-order valence-electron chi connectivity index (χ1n) is 18.8. The van der Waals surface area contributed by atoms with Crippen molar-refractivity contribution in [2.45, 2.75) is 9.79 Å². The molecule has 0 unspecified atom stereocenters. The Kier molecular flexibility index (Phi) is 12.5. The van der Waals surface area contributed by atoms with Crippen LogP contribution in [0.3, 0.4) is 0 Å². The van der Waals surface area contributed by atoms with E-state index in [1.807, 2.05) is 84.2 Å². The van der Waals surface area contributed by atoms with Gasteiger partial charge in [0.15, 0.2) is 0 Å². The molecule has 0 radical (unpaired) electrons. The van der Waals surface area contributed by atoms with E-state index < -0.39 is 21.6 Å². The smallest absolute Gasteiger partial charge is 0.246 e. The van der Waals surface area contributed by atoms with Crippen molar-refractivity contribution in [3.05, 3.63) is 116 Å². The lowest BCUT2D eigenvalue weighted by Gasteiger charge is -2.25. The van der Waals surface area contributed by atoms with Gasteiger partial charge in [0.2, 0.25) is 11.8 Å². The molecule has 8 nitrogen and oxygen atoms in total. The van der Waals surface area contributed by atoms with Crippen molar-refractivity contribution in [2.75, 3.05) is 49.2 Å². The average molecular weight is 925 g/mol. The normalized spacial score (nSPS) is 15.8. The molecule has 0 saturated carbocycles. The lowest BCUT2D eigenvalue weighted by Crippen LogP contribution is -2.40. The first-order chi connectivity index (χ1) is 28.4. The lowest BCUT2D eigenvalue weighted by atomic mass is 9.97. The Morgan fingerprint density at radius 1 is 0.576 bits per heavy atom. The quantitative estimate of drug-likeness (QED) is 0.142. The van der Waals surface area contributed by atoms with Gasteiger partial charge >= 0.3 is 0 Å². The van der Waals surface area contributed by atoms with Gasteiger partial charge in [0, 0.05) is 152 Å². The van der Waals surface area contributed by atoms with Crippen molar-refractivity contribution in [3.8, 4) is 22.3 Å². The van der Waals surface area contributed by atoms with E-state index in [1.165, 1.54) is 23.9 Å². The molecule has 0 aliphatic carbocycles. The zero-order valence-corrected chi connectivity index (χ0v) is 37.5. The third kappa shape index (κ3) is 8.71. The number of benzene rings is 4. The molecule has 2 saturated heterocycles. The van der Waals surface area contributed by atoms with Crippen LogP contribution in [0, 0.1) is 0 Å². The molecule has 2 amide bonds. The summed E-state index contributed by atoms with van der Waals surface area (Å²) in [6.45, 7) is 1.70. The van der Waals surface area contributed by atoms with Crippen LogP contribution >= 0.6 is 58.2 Å². The first kappa shape index (κ1) is 41.9. The van der Waals surface area contributed by atoms with Crippen molar-refractivity contribution in [1.82, 2.24) is 18.9 Å². The van der Waals surface area contributed by atoms with Crippen molar-refractivity contribution in [3.63, 3.8) is 0 Å². The number of halogens is 4. The van der Waals surface area contributed by atoms with Gasteiger partial charge in [-0.1, -0.05) is 70.3 Å². The third-order valence-corrected chi connectivity index (χ3v) is 16.4. The van der Waals surface area contributed by atoms with Crippen molar-refractivity contribution in [1.29, 1.82) is 0 Å². The van der Waals surface area contributed by atoms with E-state index in [9.17, 15) is 18.0 Å². The predicted molar refractivity (Wildman–Crippen MR) is 248 cm³/mol. The summed E-state index contributed by atoms with van der Waals surface area (Å²) in [5.74, 6) is 1.42. The second kappa shape index (κ2) is 17.7. The van der Waals surface area contributed by atoms with Gasteiger partial charge in [0.1, 0.15) is 0 Å². The number of fused-ring (bicyclic) bond motifs is 2. The fourth-order valence-corrected chi connectivity index (χ4v) is 11.7. The summed E-state index contributed by atoms with van der Waals surface area (Å²) in [5, 5.41) is 3.14. The number of rotatable bonds is 8. The highest BCUT2D eigenvalue weighted by Gasteiger charge is 2.24. The van der Waals surface area contributed by atoms with Gasteiger partial charge < -0.3 is 18.9 Å². The van der Waals surface area contributed by atoms with Crippen LogP contribution in [0.25, 0.3) is 56.2 Å². The minimum atomic E-state index is -0.916. The monoisotopic (exact) mass is 922 g/mol. The Bertz CT molecular complexity index is 2590. The van der Waals surface area contributed by atoms with E-state index in [0.717, 1.165) is 44.1 Å². The van der Waals surface area contributed by atoms with Crippen LogP contribution in [0.5, 0.6) is 0 Å². The van der Waals surface area contributed by atoms with Gasteiger partial charge in [0.25, 0.3) is 0 Å². The molecule has 4 heterocycles. The van der Waals surface area contributed by atoms with Crippen LogP contribution in [0.2, 0.25) is 20.1 Å². The number of amides is 2. The molecule has 2 aromatic heterocycles. The van der Waals surface area contributed by atoms with Gasteiger partial charge in [-0.2, -0.15) is 0 Å². The molecular weight excluding hydrogens is 887 g/mol. The lowest BCUT2D eigenvalue weighted by molar-refractivity contribution is -0.126. The van der Waals surface area contributed by atoms with Crippen molar-refractivity contribution in [2.24, 2.45) is 14.1 Å². The van der Waals surface area contributed by atoms with Gasteiger partial charge in [-0.15, -0.1) is 0 Å². The number of nitrogens with zero attached hydrogens (tertiary/aromatic N) is 4. The highest BCUT2D eigenvalue weighted by atomic mass is 35.5. The van der Waals surface area contributed by atoms with Gasteiger partial charge in [-0.3, -0.25) is 18.0 Å². The Morgan fingerprint density at radius 3 is 1.36 bits per heavy atom.